The highest BCUT2D eigenvalue weighted by atomic mass is 35.5. The molecule has 6 nitrogen and oxygen atoms in total. The number of aromatic nitrogens is 1. The number of rotatable bonds is 7. The van der Waals surface area contributed by atoms with Crippen LogP contribution < -0.4 is 15.5 Å². The largest absolute Gasteiger partial charge is 0.357 e. The molecule has 0 saturated carbocycles. The average Bonchev–Trinajstić information content (AvgIpc) is 2.74. The van der Waals surface area contributed by atoms with Gasteiger partial charge in [0.25, 0.3) is 0 Å². The maximum atomic E-state index is 6.23. The Balaban J connectivity index is 1.52. The number of aliphatic imine (C=N–C) groups is 1. The molecule has 1 fully saturated rings. The van der Waals surface area contributed by atoms with Crippen LogP contribution in [0.15, 0.2) is 47.6 Å². The van der Waals surface area contributed by atoms with E-state index in [2.05, 4.69) is 57.6 Å². The summed E-state index contributed by atoms with van der Waals surface area (Å²) in [5, 5.41) is 7.48. The van der Waals surface area contributed by atoms with E-state index in [0.29, 0.717) is 6.54 Å². The minimum Gasteiger partial charge on any atom is -0.357 e. The van der Waals surface area contributed by atoms with Crippen molar-refractivity contribution in [2.45, 2.75) is 19.9 Å². The van der Waals surface area contributed by atoms with E-state index >= 15 is 0 Å². The Bertz CT molecular complexity index is 784. The van der Waals surface area contributed by atoms with Crippen molar-refractivity contribution in [2.75, 3.05) is 51.2 Å². The minimum atomic E-state index is 0.595. The lowest BCUT2D eigenvalue weighted by molar-refractivity contribution is 0.312. The number of nitrogens with one attached hydrogen (secondary N) is 2. The third kappa shape index (κ3) is 6.61. The number of nitrogens with zero attached hydrogens (tertiary/aromatic N) is 4. The van der Waals surface area contributed by atoms with Crippen LogP contribution in [0.25, 0.3) is 0 Å². The van der Waals surface area contributed by atoms with Gasteiger partial charge in [-0.3, -0.25) is 0 Å². The average molecular weight is 415 g/mol. The normalized spacial score (nSPS) is 15.4. The second-order valence-electron chi connectivity index (χ2n) is 7.28. The fourth-order valence-corrected chi connectivity index (χ4v) is 3.49. The third-order valence-corrected chi connectivity index (χ3v) is 5.41. The summed E-state index contributed by atoms with van der Waals surface area (Å²) in [7, 11) is 2.16. The number of guanidine groups is 1. The molecule has 0 atom stereocenters. The van der Waals surface area contributed by atoms with E-state index in [4.69, 9.17) is 16.6 Å². The summed E-state index contributed by atoms with van der Waals surface area (Å²) in [5.74, 6) is 1.86. The van der Waals surface area contributed by atoms with E-state index in [-0.39, 0.29) is 0 Å². The van der Waals surface area contributed by atoms with Gasteiger partial charge in [-0.25, -0.2) is 9.98 Å². The molecule has 2 N–H and O–H groups in total. The van der Waals surface area contributed by atoms with Gasteiger partial charge in [-0.05, 0) is 43.7 Å². The van der Waals surface area contributed by atoms with Gasteiger partial charge < -0.3 is 20.4 Å². The van der Waals surface area contributed by atoms with Crippen molar-refractivity contribution in [3.05, 3.63) is 58.7 Å². The zero-order valence-electron chi connectivity index (χ0n) is 17.4. The number of halogens is 1. The molecular weight excluding hydrogens is 384 g/mol. The Morgan fingerprint density at radius 2 is 1.90 bits per heavy atom. The van der Waals surface area contributed by atoms with Gasteiger partial charge >= 0.3 is 0 Å². The molecule has 0 radical (unpaired) electrons. The van der Waals surface area contributed by atoms with Crippen molar-refractivity contribution in [2.24, 2.45) is 4.99 Å². The van der Waals surface area contributed by atoms with Gasteiger partial charge in [-0.15, -0.1) is 0 Å². The molecule has 0 bridgehead atoms. The van der Waals surface area contributed by atoms with Crippen LogP contribution in [-0.2, 0) is 13.0 Å². The van der Waals surface area contributed by atoms with Crippen LogP contribution in [0, 0.1) is 0 Å². The molecule has 1 aromatic heterocycles. The number of benzene rings is 1. The number of likely N-dealkylation sites (N-methyl/N-ethyl adjacent to an activating group) is 1. The Labute approximate surface area is 179 Å². The number of anilines is 1. The summed E-state index contributed by atoms with van der Waals surface area (Å²) in [6.07, 6.45) is 2.79. The highest BCUT2D eigenvalue weighted by molar-refractivity contribution is 6.31. The molecule has 29 heavy (non-hydrogen) atoms. The molecule has 1 aromatic carbocycles. The summed E-state index contributed by atoms with van der Waals surface area (Å²) >= 11 is 6.23. The van der Waals surface area contributed by atoms with E-state index in [1.165, 1.54) is 0 Å². The Kier molecular flexibility index (Phi) is 8.14. The first-order valence-electron chi connectivity index (χ1n) is 10.3. The topological polar surface area (TPSA) is 55.8 Å². The van der Waals surface area contributed by atoms with Gasteiger partial charge in [0.05, 0.1) is 6.54 Å². The first-order chi connectivity index (χ1) is 14.2. The SMILES string of the molecule is CCNC(=NCc1ccc(N2CCN(C)CC2)nc1)NCCc1ccccc1Cl. The fraction of sp³-hybridized carbons (Fsp3) is 0.455. The highest BCUT2D eigenvalue weighted by Crippen LogP contribution is 2.15. The zero-order valence-corrected chi connectivity index (χ0v) is 18.1. The van der Waals surface area contributed by atoms with Crippen molar-refractivity contribution < 1.29 is 0 Å². The second kappa shape index (κ2) is 11.0. The standard InChI is InChI=1S/C22H31ClN6/c1-3-24-22(25-11-10-19-6-4-5-7-20(19)23)27-17-18-8-9-21(26-16-18)29-14-12-28(2)13-15-29/h4-9,16H,3,10-15,17H2,1-2H3,(H2,24,25,27). The van der Waals surface area contributed by atoms with Crippen LogP contribution in [0.1, 0.15) is 18.1 Å². The molecule has 1 aliphatic rings. The highest BCUT2D eigenvalue weighted by Gasteiger charge is 2.14. The molecule has 1 aliphatic heterocycles. The monoisotopic (exact) mass is 414 g/mol. The zero-order chi connectivity index (χ0) is 20.5. The second-order valence-corrected chi connectivity index (χ2v) is 7.69. The van der Waals surface area contributed by atoms with E-state index in [1.807, 2.05) is 24.4 Å². The fourth-order valence-electron chi connectivity index (χ4n) is 3.26. The third-order valence-electron chi connectivity index (χ3n) is 5.04. The van der Waals surface area contributed by atoms with Gasteiger partial charge in [0.15, 0.2) is 5.96 Å². The number of pyridine rings is 1. The number of piperazine rings is 1. The predicted molar refractivity (Wildman–Crippen MR) is 122 cm³/mol. The Morgan fingerprint density at radius 3 is 2.59 bits per heavy atom. The summed E-state index contributed by atoms with van der Waals surface area (Å²) < 4.78 is 0. The van der Waals surface area contributed by atoms with Gasteiger partial charge in [0.2, 0.25) is 0 Å². The minimum absolute atomic E-state index is 0.595. The molecular formula is C22H31ClN6. The molecule has 2 aromatic rings. The van der Waals surface area contributed by atoms with Gasteiger partial charge in [-0.1, -0.05) is 35.9 Å². The van der Waals surface area contributed by atoms with Gasteiger partial charge in [0.1, 0.15) is 5.82 Å². The molecule has 0 aliphatic carbocycles. The van der Waals surface area contributed by atoms with Crippen molar-refractivity contribution in [3.8, 4) is 0 Å². The quantitative estimate of drug-likeness (QED) is 0.539. The van der Waals surface area contributed by atoms with Crippen molar-refractivity contribution in [3.63, 3.8) is 0 Å². The smallest absolute Gasteiger partial charge is 0.191 e. The van der Waals surface area contributed by atoms with Crippen molar-refractivity contribution >= 4 is 23.4 Å². The Morgan fingerprint density at radius 1 is 1.10 bits per heavy atom. The molecule has 0 unspecified atom stereocenters. The lowest BCUT2D eigenvalue weighted by atomic mass is 10.1. The molecule has 0 spiro atoms. The van der Waals surface area contributed by atoms with Crippen LogP contribution in [-0.4, -0.2) is 62.2 Å². The molecule has 3 rings (SSSR count). The van der Waals surface area contributed by atoms with E-state index in [1.54, 1.807) is 0 Å². The molecule has 1 saturated heterocycles. The molecule has 2 heterocycles. The molecule has 7 heteroatoms. The summed E-state index contributed by atoms with van der Waals surface area (Å²) in [4.78, 5) is 14.0. The maximum Gasteiger partial charge on any atom is 0.191 e. The number of hydrogen-bond acceptors (Lipinski definition) is 4. The summed E-state index contributed by atoms with van der Waals surface area (Å²) in [5.41, 5.74) is 2.24. The van der Waals surface area contributed by atoms with E-state index < -0.39 is 0 Å². The molecule has 156 valence electrons. The Hall–Kier alpha value is -2.31. The predicted octanol–water partition coefficient (Wildman–Crippen LogP) is 2.78. The van der Waals surface area contributed by atoms with Crippen molar-refractivity contribution in [1.82, 2.24) is 20.5 Å². The lowest BCUT2D eigenvalue weighted by Gasteiger charge is -2.33. The van der Waals surface area contributed by atoms with Gasteiger partial charge in [0, 0.05) is 50.5 Å². The molecule has 0 amide bonds. The summed E-state index contributed by atoms with van der Waals surface area (Å²) in [6, 6.07) is 12.2. The van der Waals surface area contributed by atoms with Crippen LogP contribution >= 0.6 is 11.6 Å². The van der Waals surface area contributed by atoms with E-state index in [9.17, 15) is 0 Å². The van der Waals surface area contributed by atoms with Crippen molar-refractivity contribution in [1.29, 1.82) is 0 Å². The first-order valence-corrected chi connectivity index (χ1v) is 10.7. The maximum absolute atomic E-state index is 6.23. The van der Waals surface area contributed by atoms with E-state index in [0.717, 1.165) is 73.6 Å². The summed E-state index contributed by atoms with van der Waals surface area (Å²) in [6.45, 7) is 8.48. The van der Waals surface area contributed by atoms with Crippen LogP contribution in [0.5, 0.6) is 0 Å². The lowest BCUT2D eigenvalue weighted by Crippen LogP contribution is -2.44. The van der Waals surface area contributed by atoms with Crippen LogP contribution in [0.3, 0.4) is 0 Å². The number of hydrogen-bond donors (Lipinski definition) is 2. The van der Waals surface area contributed by atoms with Crippen LogP contribution in [0.4, 0.5) is 5.82 Å². The first kappa shape index (κ1) is 21.4. The van der Waals surface area contributed by atoms with Crippen LogP contribution in [0.2, 0.25) is 5.02 Å². The van der Waals surface area contributed by atoms with Gasteiger partial charge in [-0.2, -0.15) is 0 Å².